The SMILES string of the molecule is Cc1nc(Nc2cc(C3CC3)[nH]n2)nc(NC(C)c2c(F)cccc2F)n1. The Bertz CT molecular complexity index is 948. The molecule has 1 saturated carbocycles. The summed E-state index contributed by atoms with van der Waals surface area (Å²) < 4.78 is 27.9. The second-order valence-corrected chi connectivity index (χ2v) is 6.64. The topological polar surface area (TPSA) is 91.4 Å². The van der Waals surface area contributed by atoms with E-state index in [0.29, 0.717) is 23.5 Å². The number of hydrogen-bond donors (Lipinski definition) is 3. The van der Waals surface area contributed by atoms with Crippen LogP contribution in [0.4, 0.5) is 26.5 Å². The second kappa shape index (κ2) is 6.90. The number of anilines is 3. The predicted octanol–water partition coefficient (Wildman–Crippen LogP) is 3.98. The molecule has 1 aliphatic rings. The summed E-state index contributed by atoms with van der Waals surface area (Å²) in [5.41, 5.74) is 1.02. The smallest absolute Gasteiger partial charge is 0.233 e. The maximum atomic E-state index is 14.0. The van der Waals surface area contributed by atoms with Crippen LogP contribution in [0, 0.1) is 18.6 Å². The zero-order valence-corrected chi connectivity index (χ0v) is 14.9. The predicted molar refractivity (Wildman–Crippen MR) is 96.8 cm³/mol. The molecule has 9 heteroatoms. The summed E-state index contributed by atoms with van der Waals surface area (Å²) in [4.78, 5) is 12.7. The summed E-state index contributed by atoms with van der Waals surface area (Å²) in [5.74, 6) is 0.919. The molecule has 3 aromatic rings. The standard InChI is InChI=1S/C18H19F2N7/c1-9(16-12(19)4-3-5-13(16)20)21-17-22-10(2)23-18(25-17)24-15-8-14(26-27-15)11-6-7-11/h3-5,8-9,11H,6-7H2,1-2H3,(H3,21,22,23,24,25,26,27). The summed E-state index contributed by atoms with van der Waals surface area (Å²) in [7, 11) is 0. The quantitative estimate of drug-likeness (QED) is 0.607. The Labute approximate surface area is 154 Å². The first-order valence-electron chi connectivity index (χ1n) is 8.75. The Hall–Kier alpha value is -3.10. The summed E-state index contributed by atoms with van der Waals surface area (Å²) in [6, 6.07) is 5.04. The molecule has 2 aromatic heterocycles. The van der Waals surface area contributed by atoms with Crippen molar-refractivity contribution in [3.05, 3.63) is 53.0 Å². The van der Waals surface area contributed by atoms with Gasteiger partial charge in [-0.05, 0) is 38.8 Å². The molecule has 0 saturated heterocycles. The van der Waals surface area contributed by atoms with E-state index in [-0.39, 0.29) is 11.5 Å². The molecule has 140 valence electrons. The monoisotopic (exact) mass is 371 g/mol. The van der Waals surface area contributed by atoms with Crippen molar-refractivity contribution in [3.8, 4) is 0 Å². The van der Waals surface area contributed by atoms with Crippen LogP contribution in [0.5, 0.6) is 0 Å². The van der Waals surface area contributed by atoms with Crippen molar-refractivity contribution in [1.82, 2.24) is 25.1 Å². The zero-order valence-electron chi connectivity index (χ0n) is 14.9. The number of halogens is 2. The van der Waals surface area contributed by atoms with Crippen LogP contribution < -0.4 is 10.6 Å². The van der Waals surface area contributed by atoms with Crippen LogP contribution in [0.25, 0.3) is 0 Å². The molecule has 2 heterocycles. The maximum absolute atomic E-state index is 14.0. The van der Waals surface area contributed by atoms with Crippen LogP contribution in [0.2, 0.25) is 0 Å². The van der Waals surface area contributed by atoms with Gasteiger partial charge in [0, 0.05) is 23.2 Å². The largest absolute Gasteiger partial charge is 0.347 e. The van der Waals surface area contributed by atoms with E-state index in [2.05, 4.69) is 35.8 Å². The highest BCUT2D eigenvalue weighted by atomic mass is 19.1. The van der Waals surface area contributed by atoms with Crippen molar-refractivity contribution in [2.24, 2.45) is 0 Å². The van der Waals surface area contributed by atoms with Crippen molar-refractivity contribution in [2.45, 2.75) is 38.6 Å². The number of hydrogen-bond acceptors (Lipinski definition) is 6. The molecule has 27 heavy (non-hydrogen) atoms. The van der Waals surface area contributed by atoms with E-state index in [9.17, 15) is 8.78 Å². The van der Waals surface area contributed by atoms with Crippen molar-refractivity contribution in [1.29, 1.82) is 0 Å². The van der Waals surface area contributed by atoms with Gasteiger partial charge >= 0.3 is 0 Å². The first kappa shape index (κ1) is 17.3. The number of benzene rings is 1. The van der Waals surface area contributed by atoms with Gasteiger partial charge in [-0.15, -0.1) is 0 Å². The molecule has 1 aromatic carbocycles. The fourth-order valence-corrected chi connectivity index (χ4v) is 2.91. The van der Waals surface area contributed by atoms with Crippen molar-refractivity contribution in [3.63, 3.8) is 0 Å². The van der Waals surface area contributed by atoms with Crippen LogP contribution in [-0.2, 0) is 0 Å². The molecule has 1 unspecified atom stereocenters. The molecule has 0 spiro atoms. The summed E-state index contributed by atoms with van der Waals surface area (Å²) >= 11 is 0. The van der Waals surface area contributed by atoms with Crippen molar-refractivity contribution in [2.75, 3.05) is 10.6 Å². The van der Waals surface area contributed by atoms with Gasteiger partial charge in [0.1, 0.15) is 17.5 Å². The van der Waals surface area contributed by atoms with Gasteiger partial charge in [-0.2, -0.15) is 20.1 Å². The minimum atomic E-state index is -0.660. The van der Waals surface area contributed by atoms with E-state index in [4.69, 9.17) is 0 Å². The molecule has 3 N–H and O–H groups in total. The van der Waals surface area contributed by atoms with Crippen LogP contribution in [0.1, 0.15) is 48.8 Å². The van der Waals surface area contributed by atoms with Crippen molar-refractivity contribution < 1.29 is 8.78 Å². The number of aromatic amines is 1. The molecule has 1 aliphatic carbocycles. The Morgan fingerprint density at radius 2 is 1.81 bits per heavy atom. The lowest BCUT2D eigenvalue weighted by atomic mass is 10.1. The van der Waals surface area contributed by atoms with Gasteiger partial charge in [-0.25, -0.2) is 8.78 Å². The maximum Gasteiger partial charge on any atom is 0.233 e. The number of nitrogens with zero attached hydrogens (tertiary/aromatic N) is 4. The normalized spacial score (nSPS) is 14.8. The first-order chi connectivity index (χ1) is 13.0. The Morgan fingerprint density at radius 1 is 1.11 bits per heavy atom. The van der Waals surface area contributed by atoms with Gasteiger partial charge in [0.25, 0.3) is 0 Å². The average Bonchev–Trinajstić information content (AvgIpc) is 3.34. The van der Waals surface area contributed by atoms with E-state index in [0.717, 1.165) is 5.69 Å². The van der Waals surface area contributed by atoms with Gasteiger partial charge in [-0.1, -0.05) is 6.07 Å². The summed E-state index contributed by atoms with van der Waals surface area (Å²) in [6.07, 6.45) is 2.34. The molecular weight excluding hydrogens is 352 g/mol. The first-order valence-corrected chi connectivity index (χ1v) is 8.75. The van der Waals surface area contributed by atoms with E-state index in [1.54, 1.807) is 13.8 Å². The van der Waals surface area contributed by atoms with Crippen LogP contribution in [0.3, 0.4) is 0 Å². The van der Waals surface area contributed by atoms with Crippen LogP contribution in [0.15, 0.2) is 24.3 Å². The summed E-state index contributed by atoms with van der Waals surface area (Å²) in [6.45, 7) is 3.36. The molecule has 0 bridgehead atoms. The Morgan fingerprint density at radius 3 is 2.52 bits per heavy atom. The second-order valence-electron chi connectivity index (χ2n) is 6.64. The minimum absolute atomic E-state index is 0.0635. The Kier molecular flexibility index (Phi) is 4.43. The van der Waals surface area contributed by atoms with E-state index in [1.807, 2.05) is 6.07 Å². The van der Waals surface area contributed by atoms with E-state index in [1.165, 1.54) is 31.0 Å². The van der Waals surface area contributed by atoms with E-state index >= 15 is 0 Å². The number of aromatic nitrogens is 5. The molecule has 4 rings (SSSR count). The number of H-pyrrole nitrogens is 1. The molecular formula is C18H19F2N7. The molecule has 1 atom stereocenters. The number of rotatable bonds is 6. The number of nitrogens with one attached hydrogen (secondary N) is 3. The minimum Gasteiger partial charge on any atom is -0.347 e. The van der Waals surface area contributed by atoms with Crippen LogP contribution >= 0.6 is 0 Å². The molecule has 1 fully saturated rings. The van der Waals surface area contributed by atoms with Gasteiger partial charge in [0.15, 0.2) is 5.82 Å². The molecule has 7 nitrogen and oxygen atoms in total. The molecule has 0 amide bonds. The molecule has 0 radical (unpaired) electrons. The fraction of sp³-hybridized carbons (Fsp3) is 0.333. The highest BCUT2D eigenvalue weighted by Gasteiger charge is 2.25. The summed E-state index contributed by atoms with van der Waals surface area (Å²) in [5, 5.41) is 13.2. The van der Waals surface area contributed by atoms with Crippen LogP contribution in [-0.4, -0.2) is 25.1 Å². The lowest BCUT2D eigenvalue weighted by molar-refractivity contribution is 0.543. The zero-order chi connectivity index (χ0) is 19.0. The van der Waals surface area contributed by atoms with Gasteiger partial charge in [0.05, 0.1) is 6.04 Å². The fourth-order valence-electron chi connectivity index (χ4n) is 2.91. The third kappa shape index (κ3) is 3.86. The lowest BCUT2D eigenvalue weighted by Crippen LogP contribution is -2.14. The van der Waals surface area contributed by atoms with E-state index < -0.39 is 17.7 Å². The van der Waals surface area contributed by atoms with Crippen molar-refractivity contribution >= 4 is 17.7 Å². The Balaban J connectivity index is 1.53. The average molecular weight is 371 g/mol. The highest BCUT2D eigenvalue weighted by Crippen LogP contribution is 2.39. The number of aryl methyl sites for hydroxylation is 1. The third-order valence-electron chi connectivity index (χ3n) is 4.38. The lowest BCUT2D eigenvalue weighted by Gasteiger charge is -2.16. The highest BCUT2D eigenvalue weighted by molar-refractivity contribution is 5.50. The van der Waals surface area contributed by atoms with Gasteiger partial charge < -0.3 is 10.6 Å². The third-order valence-corrected chi connectivity index (χ3v) is 4.38. The molecule has 0 aliphatic heterocycles. The van der Waals surface area contributed by atoms with Gasteiger partial charge in [-0.3, -0.25) is 5.10 Å². The van der Waals surface area contributed by atoms with Gasteiger partial charge in [0.2, 0.25) is 11.9 Å².